The molecule has 3 aromatic rings. The average molecular weight is 682 g/mol. The van der Waals surface area contributed by atoms with E-state index in [1.807, 2.05) is 24.3 Å². The number of allylic oxidation sites excluding steroid dienone is 1. The number of hydrazone groups is 1. The summed E-state index contributed by atoms with van der Waals surface area (Å²) in [5.74, 6) is 0.484. The molecular weight excluding hydrogens is 648 g/mol. The number of nitrogens with zero attached hydrogens (tertiary/aromatic N) is 1. The Kier molecular flexibility index (Phi) is 11.4. The summed E-state index contributed by atoms with van der Waals surface area (Å²) in [5.41, 5.74) is 5.21. The maximum Gasteiger partial charge on any atom is 0.338 e. The lowest BCUT2D eigenvalue weighted by Crippen LogP contribution is -2.45. The first-order valence-electron chi connectivity index (χ1n) is 13.9. The van der Waals surface area contributed by atoms with Gasteiger partial charge in [0.1, 0.15) is 6.61 Å². The van der Waals surface area contributed by atoms with Crippen molar-refractivity contribution in [3.63, 3.8) is 0 Å². The minimum absolute atomic E-state index is 0.180. The van der Waals surface area contributed by atoms with Gasteiger partial charge in [-0.25, -0.2) is 15.0 Å². The van der Waals surface area contributed by atoms with Gasteiger partial charge in [0.25, 0.3) is 5.91 Å². The van der Waals surface area contributed by atoms with E-state index in [0.29, 0.717) is 40.7 Å². The van der Waals surface area contributed by atoms with E-state index in [1.165, 1.54) is 13.3 Å². The smallest absolute Gasteiger partial charge is 0.338 e. The maximum absolute atomic E-state index is 12.6. The number of esters is 1. The highest BCUT2D eigenvalue weighted by Crippen LogP contribution is 2.35. The van der Waals surface area contributed by atoms with Crippen LogP contribution in [0.5, 0.6) is 23.0 Å². The summed E-state index contributed by atoms with van der Waals surface area (Å²) in [7, 11) is 2.98. The Morgan fingerprint density at radius 3 is 2.47 bits per heavy atom. The third kappa shape index (κ3) is 8.54. The molecule has 4 rings (SSSR count). The van der Waals surface area contributed by atoms with Crippen molar-refractivity contribution in [2.24, 2.45) is 5.10 Å². The van der Waals surface area contributed by atoms with E-state index in [9.17, 15) is 14.4 Å². The van der Waals surface area contributed by atoms with Crippen molar-refractivity contribution >= 4 is 40.1 Å². The number of amides is 3. The van der Waals surface area contributed by atoms with Crippen molar-refractivity contribution < 1.29 is 38.1 Å². The van der Waals surface area contributed by atoms with Crippen molar-refractivity contribution in [3.05, 3.63) is 93.1 Å². The first-order valence-corrected chi connectivity index (χ1v) is 14.7. The summed E-state index contributed by atoms with van der Waals surface area (Å²) >= 11 is 3.42. The van der Waals surface area contributed by atoms with Crippen molar-refractivity contribution in [1.82, 2.24) is 16.1 Å². The van der Waals surface area contributed by atoms with E-state index in [-0.39, 0.29) is 24.5 Å². The molecule has 13 heteroatoms. The first-order chi connectivity index (χ1) is 21.7. The van der Waals surface area contributed by atoms with Crippen LogP contribution in [0.3, 0.4) is 0 Å². The number of carbonyl (C=O) groups is 3. The van der Waals surface area contributed by atoms with Gasteiger partial charge in [0.15, 0.2) is 29.6 Å². The molecule has 12 nitrogen and oxygen atoms in total. The van der Waals surface area contributed by atoms with Gasteiger partial charge in [-0.05, 0) is 61.4 Å². The second-order valence-electron chi connectivity index (χ2n) is 9.58. The molecule has 0 radical (unpaired) electrons. The predicted molar refractivity (Wildman–Crippen MR) is 169 cm³/mol. The Balaban J connectivity index is 1.40. The van der Waals surface area contributed by atoms with E-state index in [4.69, 9.17) is 23.7 Å². The highest BCUT2D eigenvalue weighted by atomic mass is 79.9. The molecule has 0 aliphatic carbocycles. The number of hydrogen-bond donors (Lipinski definition) is 3. The van der Waals surface area contributed by atoms with E-state index >= 15 is 0 Å². The molecular formula is C32H33BrN4O8. The normalized spacial score (nSPS) is 14.3. The SMILES string of the molecule is CCOC(=O)C1=C(C)NC(=O)N[C@H]1c1ccc(OCC(=O)N/N=C/c2cccc(OC)c2OCc2ccc(Br)cc2)c(OC)c1. The van der Waals surface area contributed by atoms with Crippen LogP contribution in [-0.2, 0) is 20.9 Å². The summed E-state index contributed by atoms with van der Waals surface area (Å²) in [5, 5.41) is 9.39. The summed E-state index contributed by atoms with van der Waals surface area (Å²) in [6.45, 7) is 3.44. The van der Waals surface area contributed by atoms with Crippen LogP contribution >= 0.6 is 15.9 Å². The largest absolute Gasteiger partial charge is 0.493 e. The highest BCUT2D eigenvalue weighted by Gasteiger charge is 2.32. The molecule has 236 valence electrons. The number of carbonyl (C=O) groups excluding carboxylic acids is 3. The second kappa shape index (κ2) is 15.6. The summed E-state index contributed by atoms with van der Waals surface area (Å²) in [6.07, 6.45) is 1.46. The maximum atomic E-state index is 12.6. The lowest BCUT2D eigenvalue weighted by atomic mass is 9.95. The van der Waals surface area contributed by atoms with Crippen LogP contribution in [0.25, 0.3) is 0 Å². The van der Waals surface area contributed by atoms with Crippen LogP contribution in [0.1, 0.15) is 36.6 Å². The fourth-order valence-corrected chi connectivity index (χ4v) is 4.71. The van der Waals surface area contributed by atoms with E-state index < -0.39 is 23.9 Å². The Morgan fingerprint density at radius 1 is 1.00 bits per heavy atom. The monoisotopic (exact) mass is 680 g/mol. The van der Waals surface area contributed by atoms with Crippen LogP contribution in [0, 0.1) is 0 Å². The summed E-state index contributed by atoms with van der Waals surface area (Å²) < 4.78 is 28.8. The molecule has 3 aromatic carbocycles. The van der Waals surface area contributed by atoms with E-state index in [0.717, 1.165) is 10.0 Å². The van der Waals surface area contributed by atoms with Gasteiger partial charge in [0, 0.05) is 15.7 Å². The standard InChI is InChI=1S/C32H33BrN4O8/c1-5-43-31(39)28-19(2)35-32(40)36-29(28)21-11-14-24(26(15-21)42-4)44-18-27(38)37-34-16-22-7-6-8-25(41-3)30(22)45-17-20-9-12-23(33)13-10-20/h6-16,29H,5,17-18H2,1-4H3,(H,37,38)(H2,35,36,40)/b34-16+/t29-/m0/s1. The first kappa shape index (κ1) is 32.9. The molecule has 3 N–H and O–H groups in total. The molecule has 3 amide bonds. The number of ether oxygens (including phenoxy) is 5. The third-order valence-electron chi connectivity index (χ3n) is 6.56. The molecule has 1 atom stereocenters. The molecule has 45 heavy (non-hydrogen) atoms. The molecule has 0 fully saturated rings. The molecule has 0 spiro atoms. The van der Waals surface area contributed by atoms with Gasteiger partial charge in [-0.3, -0.25) is 4.79 Å². The van der Waals surface area contributed by atoms with Gasteiger partial charge in [0.05, 0.1) is 38.7 Å². The van der Waals surface area contributed by atoms with Gasteiger partial charge in [-0.1, -0.05) is 40.2 Å². The molecule has 0 saturated carbocycles. The van der Waals surface area contributed by atoms with Crippen molar-refractivity contribution in [2.45, 2.75) is 26.5 Å². The van der Waals surface area contributed by atoms with Crippen molar-refractivity contribution in [2.75, 3.05) is 27.4 Å². The topological polar surface area (TPSA) is 146 Å². The number of methoxy groups -OCH3 is 2. The van der Waals surface area contributed by atoms with E-state index in [1.54, 1.807) is 57.4 Å². The van der Waals surface area contributed by atoms with Crippen LogP contribution < -0.4 is 35.0 Å². The van der Waals surface area contributed by atoms with Crippen LogP contribution in [0.4, 0.5) is 4.79 Å². The van der Waals surface area contributed by atoms with Gasteiger partial charge in [-0.2, -0.15) is 5.10 Å². The van der Waals surface area contributed by atoms with Gasteiger partial charge < -0.3 is 34.3 Å². The minimum Gasteiger partial charge on any atom is -0.493 e. The summed E-state index contributed by atoms with van der Waals surface area (Å²) in [4.78, 5) is 37.4. The number of nitrogens with one attached hydrogen (secondary N) is 3. The van der Waals surface area contributed by atoms with Crippen LogP contribution in [-0.4, -0.2) is 51.6 Å². The number of para-hydroxylation sites is 1. The molecule has 1 aliphatic rings. The summed E-state index contributed by atoms with van der Waals surface area (Å²) in [6, 6.07) is 16.7. The number of halogens is 1. The molecule has 0 aromatic heterocycles. The molecule has 1 heterocycles. The number of hydrogen-bond acceptors (Lipinski definition) is 9. The third-order valence-corrected chi connectivity index (χ3v) is 7.09. The fourth-order valence-electron chi connectivity index (χ4n) is 4.44. The van der Waals surface area contributed by atoms with Crippen LogP contribution in [0.15, 0.2) is 81.5 Å². The van der Waals surface area contributed by atoms with Crippen molar-refractivity contribution in [1.29, 1.82) is 0 Å². The van der Waals surface area contributed by atoms with Crippen LogP contribution in [0.2, 0.25) is 0 Å². The van der Waals surface area contributed by atoms with E-state index in [2.05, 4.69) is 37.1 Å². The highest BCUT2D eigenvalue weighted by molar-refractivity contribution is 9.10. The zero-order chi connectivity index (χ0) is 32.3. The number of urea groups is 1. The van der Waals surface area contributed by atoms with Gasteiger partial charge in [0.2, 0.25) is 0 Å². The van der Waals surface area contributed by atoms with Crippen molar-refractivity contribution in [3.8, 4) is 23.0 Å². The lowest BCUT2D eigenvalue weighted by Gasteiger charge is -2.28. The Bertz CT molecular complexity index is 1610. The Morgan fingerprint density at radius 2 is 1.76 bits per heavy atom. The lowest BCUT2D eigenvalue weighted by molar-refractivity contribution is -0.139. The Labute approximate surface area is 268 Å². The fraction of sp³-hybridized carbons (Fsp3) is 0.250. The molecule has 0 bridgehead atoms. The molecule has 1 aliphatic heterocycles. The quantitative estimate of drug-likeness (QED) is 0.133. The Hall–Kier alpha value is -5.04. The zero-order valence-electron chi connectivity index (χ0n) is 25.1. The predicted octanol–water partition coefficient (Wildman–Crippen LogP) is 4.77. The molecule has 0 saturated heterocycles. The number of rotatable bonds is 13. The second-order valence-corrected chi connectivity index (χ2v) is 10.5. The zero-order valence-corrected chi connectivity index (χ0v) is 26.7. The minimum atomic E-state index is -0.779. The van der Waals surface area contributed by atoms with Gasteiger partial charge >= 0.3 is 12.0 Å². The number of benzene rings is 3. The molecule has 0 unspecified atom stereocenters. The van der Waals surface area contributed by atoms with Gasteiger partial charge in [-0.15, -0.1) is 0 Å². The average Bonchev–Trinajstić information content (AvgIpc) is 3.03.